The Morgan fingerprint density at radius 1 is 1.00 bits per heavy atom. The third-order valence-corrected chi connectivity index (χ3v) is 3.49. The van der Waals surface area contributed by atoms with Gasteiger partial charge in [0.25, 0.3) is 0 Å². The highest BCUT2D eigenvalue weighted by Gasteiger charge is 2.10. The Bertz CT molecular complexity index is 552. The molecule has 0 fully saturated rings. The minimum absolute atomic E-state index is 0.113. The smallest absolute Gasteiger partial charge is 0.128 e. The van der Waals surface area contributed by atoms with Crippen LogP contribution in [0.5, 0.6) is 0 Å². The predicted octanol–water partition coefficient (Wildman–Crippen LogP) is 5.54. The third kappa shape index (κ3) is 2.57. The maximum absolute atomic E-state index is 13.6. The first-order valence-corrected chi connectivity index (χ1v) is 6.21. The summed E-state index contributed by atoms with van der Waals surface area (Å²) in [5.74, 6) is -0.203. The zero-order valence-electron chi connectivity index (χ0n) is 8.68. The van der Waals surface area contributed by atoms with Crippen molar-refractivity contribution in [1.82, 2.24) is 0 Å². The second kappa shape index (κ2) is 5.26. The number of benzene rings is 2. The van der Waals surface area contributed by atoms with Crippen LogP contribution in [0.4, 0.5) is 4.39 Å². The van der Waals surface area contributed by atoms with Crippen LogP contribution >= 0.6 is 34.8 Å². The van der Waals surface area contributed by atoms with Crippen molar-refractivity contribution >= 4 is 34.8 Å². The molecule has 0 nitrogen and oxygen atoms in total. The first-order valence-electron chi connectivity index (χ1n) is 4.92. The second-order valence-electron chi connectivity index (χ2n) is 3.53. The van der Waals surface area contributed by atoms with Crippen molar-refractivity contribution in [1.29, 1.82) is 0 Å². The monoisotopic (exact) mass is 288 g/mol. The van der Waals surface area contributed by atoms with E-state index in [9.17, 15) is 4.39 Å². The van der Waals surface area contributed by atoms with Gasteiger partial charge >= 0.3 is 0 Å². The summed E-state index contributed by atoms with van der Waals surface area (Å²) in [4.78, 5) is 0. The van der Waals surface area contributed by atoms with Crippen LogP contribution in [-0.4, -0.2) is 0 Å². The number of hydrogen-bond donors (Lipinski definition) is 0. The van der Waals surface area contributed by atoms with E-state index in [0.717, 1.165) is 11.1 Å². The van der Waals surface area contributed by atoms with Crippen molar-refractivity contribution in [3.8, 4) is 11.1 Å². The summed E-state index contributed by atoms with van der Waals surface area (Å²) in [7, 11) is 0. The highest BCUT2D eigenvalue weighted by Crippen LogP contribution is 2.31. The molecule has 0 unspecified atom stereocenters. The minimum Gasteiger partial charge on any atom is -0.207 e. The van der Waals surface area contributed by atoms with E-state index >= 15 is 0 Å². The zero-order valence-corrected chi connectivity index (χ0v) is 11.0. The molecule has 0 atom stereocenters. The standard InChI is InChI=1S/C13H8Cl3F/c14-7-10-9(2-1-3-13(10)17)8-4-5-11(15)12(16)6-8/h1-6H,7H2. The lowest BCUT2D eigenvalue weighted by molar-refractivity contribution is 0.617. The molecule has 0 saturated carbocycles. The molecule has 17 heavy (non-hydrogen) atoms. The van der Waals surface area contributed by atoms with Crippen LogP contribution in [0.1, 0.15) is 5.56 Å². The van der Waals surface area contributed by atoms with E-state index in [1.165, 1.54) is 6.07 Å². The van der Waals surface area contributed by atoms with Gasteiger partial charge in [-0.05, 0) is 29.3 Å². The number of rotatable bonds is 2. The van der Waals surface area contributed by atoms with E-state index in [2.05, 4.69) is 0 Å². The summed E-state index contributed by atoms with van der Waals surface area (Å²) in [5, 5.41) is 0.910. The van der Waals surface area contributed by atoms with Gasteiger partial charge in [0.1, 0.15) is 5.82 Å². The number of halogens is 4. The molecule has 0 saturated heterocycles. The summed E-state index contributed by atoms with van der Waals surface area (Å²) in [5.41, 5.74) is 2.00. The quantitative estimate of drug-likeness (QED) is 0.637. The fourth-order valence-electron chi connectivity index (χ4n) is 1.63. The van der Waals surface area contributed by atoms with Gasteiger partial charge in [-0.2, -0.15) is 0 Å². The van der Waals surface area contributed by atoms with E-state index in [-0.39, 0.29) is 11.7 Å². The molecule has 0 aliphatic carbocycles. The average molecular weight is 290 g/mol. The molecule has 0 bridgehead atoms. The third-order valence-electron chi connectivity index (χ3n) is 2.48. The van der Waals surface area contributed by atoms with E-state index in [1.54, 1.807) is 30.3 Å². The van der Waals surface area contributed by atoms with Crippen molar-refractivity contribution < 1.29 is 4.39 Å². The van der Waals surface area contributed by atoms with Crippen molar-refractivity contribution in [2.45, 2.75) is 5.88 Å². The van der Waals surface area contributed by atoms with Gasteiger partial charge in [-0.3, -0.25) is 0 Å². The number of alkyl halides is 1. The highest BCUT2D eigenvalue weighted by molar-refractivity contribution is 6.42. The molecule has 2 aromatic carbocycles. The Balaban J connectivity index is 2.60. The van der Waals surface area contributed by atoms with Gasteiger partial charge < -0.3 is 0 Å². The molecule has 0 aliphatic rings. The first kappa shape index (κ1) is 12.7. The average Bonchev–Trinajstić information content (AvgIpc) is 2.32. The lowest BCUT2D eigenvalue weighted by atomic mass is 10.0. The van der Waals surface area contributed by atoms with E-state index in [4.69, 9.17) is 34.8 Å². The van der Waals surface area contributed by atoms with Crippen molar-refractivity contribution in [2.75, 3.05) is 0 Å². The van der Waals surface area contributed by atoms with Gasteiger partial charge in [-0.25, -0.2) is 4.39 Å². The largest absolute Gasteiger partial charge is 0.207 e. The van der Waals surface area contributed by atoms with Gasteiger partial charge in [-0.1, -0.05) is 41.4 Å². The van der Waals surface area contributed by atoms with E-state index in [1.807, 2.05) is 0 Å². The highest BCUT2D eigenvalue weighted by atomic mass is 35.5. The van der Waals surface area contributed by atoms with Crippen molar-refractivity contribution in [3.05, 3.63) is 57.8 Å². The Hall–Kier alpha value is -0.760. The maximum Gasteiger partial charge on any atom is 0.128 e. The van der Waals surface area contributed by atoms with Gasteiger partial charge in [0.05, 0.1) is 15.9 Å². The summed E-state index contributed by atoms with van der Waals surface area (Å²) < 4.78 is 13.6. The van der Waals surface area contributed by atoms with Crippen LogP contribution in [0.25, 0.3) is 11.1 Å². The van der Waals surface area contributed by atoms with Crippen LogP contribution < -0.4 is 0 Å². The Labute approximate surface area is 114 Å². The molecule has 0 N–H and O–H groups in total. The number of hydrogen-bond acceptors (Lipinski definition) is 0. The van der Waals surface area contributed by atoms with Crippen molar-refractivity contribution in [3.63, 3.8) is 0 Å². The van der Waals surface area contributed by atoms with Crippen LogP contribution in [0.3, 0.4) is 0 Å². The molecular formula is C13H8Cl3F. The molecule has 0 aliphatic heterocycles. The molecule has 4 heteroatoms. The Kier molecular flexibility index (Phi) is 3.93. The molecule has 0 amide bonds. The van der Waals surface area contributed by atoms with E-state index < -0.39 is 0 Å². The second-order valence-corrected chi connectivity index (χ2v) is 4.61. The van der Waals surface area contributed by atoms with Crippen LogP contribution in [0, 0.1) is 5.82 Å². The normalized spacial score (nSPS) is 10.6. The van der Waals surface area contributed by atoms with Crippen LogP contribution in [0.2, 0.25) is 10.0 Å². The van der Waals surface area contributed by atoms with Gasteiger partial charge in [0.15, 0.2) is 0 Å². The summed E-state index contributed by atoms with van der Waals surface area (Å²) in [6.07, 6.45) is 0. The fraction of sp³-hybridized carbons (Fsp3) is 0.0769. The zero-order chi connectivity index (χ0) is 12.4. The lowest BCUT2D eigenvalue weighted by Crippen LogP contribution is -1.91. The fourth-order valence-corrected chi connectivity index (χ4v) is 2.20. The van der Waals surface area contributed by atoms with Gasteiger partial charge in [0, 0.05) is 5.56 Å². The summed E-state index contributed by atoms with van der Waals surface area (Å²) in [6, 6.07) is 10.0. The molecule has 0 radical (unpaired) electrons. The Morgan fingerprint density at radius 2 is 1.76 bits per heavy atom. The summed E-state index contributed by atoms with van der Waals surface area (Å²) in [6.45, 7) is 0. The SMILES string of the molecule is Fc1cccc(-c2ccc(Cl)c(Cl)c2)c1CCl. The predicted molar refractivity (Wildman–Crippen MR) is 71.4 cm³/mol. The maximum atomic E-state index is 13.6. The van der Waals surface area contributed by atoms with E-state index in [0.29, 0.717) is 15.6 Å². The first-order chi connectivity index (χ1) is 8.13. The topological polar surface area (TPSA) is 0 Å². The minimum atomic E-state index is -0.316. The molecule has 88 valence electrons. The molecule has 2 rings (SSSR count). The Morgan fingerprint density at radius 3 is 2.41 bits per heavy atom. The van der Waals surface area contributed by atoms with Gasteiger partial charge in [0.2, 0.25) is 0 Å². The molecule has 0 aromatic heterocycles. The van der Waals surface area contributed by atoms with Gasteiger partial charge in [-0.15, -0.1) is 11.6 Å². The summed E-state index contributed by atoms with van der Waals surface area (Å²) >= 11 is 17.5. The van der Waals surface area contributed by atoms with Crippen LogP contribution in [0.15, 0.2) is 36.4 Å². The molecule has 0 spiro atoms. The molecule has 0 heterocycles. The lowest BCUT2D eigenvalue weighted by Gasteiger charge is -2.09. The molecule has 2 aromatic rings. The van der Waals surface area contributed by atoms with Crippen LogP contribution in [-0.2, 0) is 5.88 Å². The van der Waals surface area contributed by atoms with Crippen molar-refractivity contribution in [2.24, 2.45) is 0 Å². The molecular weight excluding hydrogens is 281 g/mol.